The molecular formula is C11H17NO4. The summed E-state index contributed by atoms with van der Waals surface area (Å²) in [4.78, 5) is 25.1. The van der Waals surface area contributed by atoms with Crippen LogP contribution in [0, 0.1) is 0 Å². The van der Waals surface area contributed by atoms with E-state index in [1.165, 1.54) is 13.3 Å². The van der Waals surface area contributed by atoms with E-state index in [-0.39, 0.29) is 11.4 Å². The molecule has 1 heterocycles. The maximum atomic E-state index is 12.0. The number of nitrogens with zero attached hydrogens (tertiary/aromatic N) is 1. The summed E-state index contributed by atoms with van der Waals surface area (Å²) < 4.78 is 9.84. The molecule has 0 aromatic rings. The predicted octanol–water partition coefficient (Wildman–Crippen LogP) is 0.353. The summed E-state index contributed by atoms with van der Waals surface area (Å²) in [6, 6.07) is 0. The Morgan fingerprint density at radius 1 is 1.44 bits per heavy atom. The van der Waals surface area contributed by atoms with Crippen LogP contribution < -0.4 is 0 Å². The van der Waals surface area contributed by atoms with Crippen LogP contribution >= 0.6 is 0 Å². The number of rotatable bonds is 4. The predicted molar refractivity (Wildman–Crippen MR) is 57.8 cm³/mol. The van der Waals surface area contributed by atoms with E-state index in [1.807, 2.05) is 0 Å². The van der Waals surface area contributed by atoms with Gasteiger partial charge in [0.2, 0.25) is 0 Å². The second kappa shape index (κ2) is 5.65. The highest BCUT2D eigenvalue weighted by Crippen LogP contribution is 2.17. The van der Waals surface area contributed by atoms with Gasteiger partial charge in [0, 0.05) is 26.9 Å². The van der Waals surface area contributed by atoms with Gasteiger partial charge in [-0.25, -0.2) is 4.79 Å². The quantitative estimate of drug-likeness (QED) is 0.300. The molecule has 0 aliphatic carbocycles. The topological polar surface area (TPSA) is 55.8 Å². The van der Waals surface area contributed by atoms with Crippen LogP contribution in [0.3, 0.4) is 0 Å². The third-order valence-electron chi connectivity index (χ3n) is 2.28. The van der Waals surface area contributed by atoms with Crippen LogP contribution in [0.5, 0.6) is 0 Å². The van der Waals surface area contributed by atoms with Crippen molar-refractivity contribution in [2.24, 2.45) is 0 Å². The first kappa shape index (κ1) is 12.7. The molecular weight excluding hydrogens is 210 g/mol. The van der Waals surface area contributed by atoms with Gasteiger partial charge in [0.05, 0.1) is 7.11 Å². The molecule has 5 heteroatoms. The highest BCUT2D eigenvalue weighted by Gasteiger charge is 2.30. The van der Waals surface area contributed by atoms with Gasteiger partial charge in [-0.3, -0.25) is 4.79 Å². The normalized spacial score (nSPS) is 20.7. The molecule has 0 saturated carbocycles. The lowest BCUT2D eigenvalue weighted by molar-refractivity contribution is -0.139. The third kappa shape index (κ3) is 3.06. The Balaban J connectivity index is 2.83. The number of methoxy groups -OCH3 is 1. The van der Waals surface area contributed by atoms with Crippen molar-refractivity contribution >= 4 is 11.8 Å². The Hall–Kier alpha value is -1.36. The first-order valence-electron chi connectivity index (χ1n) is 5.18. The van der Waals surface area contributed by atoms with Crippen LogP contribution in [0.2, 0.25) is 0 Å². The lowest BCUT2D eigenvalue weighted by Crippen LogP contribution is -2.27. The Morgan fingerprint density at radius 3 is 2.56 bits per heavy atom. The number of ketones is 1. The fourth-order valence-electron chi connectivity index (χ4n) is 1.54. The zero-order valence-corrected chi connectivity index (χ0v) is 9.86. The van der Waals surface area contributed by atoms with E-state index in [1.54, 1.807) is 19.0 Å². The fraction of sp³-hybridized carbons (Fsp3) is 0.636. The summed E-state index contributed by atoms with van der Waals surface area (Å²) in [7, 11) is 4.74. The number of carbonyl (C=O) groups excluding carboxylic acids is 2. The van der Waals surface area contributed by atoms with Gasteiger partial charge >= 0.3 is 5.97 Å². The van der Waals surface area contributed by atoms with Crippen LogP contribution in [0.4, 0.5) is 0 Å². The van der Waals surface area contributed by atoms with Crippen molar-refractivity contribution in [2.45, 2.75) is 18.9 Å². The Morgan fingerprint density at radius 2 is 2.12 bits per heavy atom. The van der Waals surface area contributed by atoms with Crippen molar-refractivity contribution < 1.29 is 19.1 Å². The van der Waals surface area contributed by atoms with Gasteiger partial charge in [0.25, 0.3) is 0 Å². The minimum atomic E-state index is -0.616. The highest BCUT2D eigenvalue weighted by molar-refractivity contribution is 6.18. The van der Waals surface area contributed by atoms with Gasteiger partial charge in [-0.15, -0.1) is 0 Å². The molecule has 0 bridgehead atoms. The summed E-state index contributed by atoms with van der Waals surface area (Å²) in [6.45, 7) is 0.576. The number of ether oxygens (including phenoxy) is 2. The van der Waals surface area contributed by atoms with Gasteiger partial charge in [-0.2, -0.15) is 0 Å². The van der Waals surface area contributed by atoms with Crippen molar-refractivity contribution in [3.8, 4) is 0 Å². The molecule has 0 radical (unpaired) electrons. The summed E-state index contributed by atoms with van der Waals surface area (Å²) in [5, 5.41) is 0. The minimum Gasteiger partial charge on any atom is -0.465 e. The average molecular weight is 227 g/mol. The lowest BCUT2D eigenvalue weighted by Gasteiger charge is -2.12. The van der Waals surface area contributed by atoms with Gasteiger partial charge in [-0.1, -0.05) is 0 Å². The Kier molecular flexibility index (Phi) is 4.49. The molecule has 0 amide bonds. The monoisotopic (exact) mass is 227 g/mol. The Bertz CT molecular complexity index is 303. The molecule has 1 atom stereocenters. The van der Waals surface area contributed by atoms with Gasteiger partial charge in [-0.05, 0) is 12.8 Å². The van der Waals surface area contributed by atoms with Crippen molar-refractivity contribution in [2.75, 3.05) is 27.8 Å². The third-order valence-corrected chi connectivity index (χ3v) is 2.28. The van der Waals surface area contributed by atoms with Crippen molar-refractivity contribution in [1.29, 1.82) is 0 Å². The van der Waals surface area contributed by atoms with Crippen molar-refractivity contribution in [3.05, 3.63) is 11.8 Å². The minimum absolute atomic E-state index is 0.0411. The van der Waals surface area contributed by atoms with Gasteiger partial charge in [0.1, 0.15) is 11.7 Å². The molecule has 5 nitrogen and oxygen atoms in total. The Labute approximate surface area is 95.0 Å². The summed E-state index contributed by atoms with van der Waals surface area (Å²) in [6.07, 6.45) is 2.49. The summed E-state index contributed by atoms with van der Waals surface area (Å²) in [5.74, 6) is -0.910. The number of hydrogen-bond donors (Lipinski definition) is 0. The first-order valence-corrected chi connectivity index (χ1v) is 5.18. The molecule has 0 aromatic carbocycles. The van der Waals surface area contributed by atoms with E-state index >= 15 is 0 Å². The van der Waals surface area contributed by atoms with Crippen LogP contribution in [0.25, 0.3) is 0 Å². The molecule has 90 valence electrons. The lowest BCUT2D eigenvalue weighted by atomic mass is 10.1. The van der Waals surface area contributed by atoms with E-state index in [0.29, 0.717) is 13.0 Å². The maximum absolute atomic E-state index is 12.0. The highest BCUT2D eigenvalue weighted by atomic mass is 16.5. The van der Waals surface area contributed by atoms with Crippen LogP contribution in [-0.4, -0.2) is 50.6 Å². The number of hydrogen-bond acceptors (Lipinski definition) is 5. The molecule has 1 aliphatic heterocycles. The SMILES string of the molecule is COC(=O)C(=CN(C)C)C(=O)[C@@H]1CCCO1. The van der Waals surface area contributed by atoms with Crippen LogP contribution in [-0.2, 0) is 19.1 Å². The maximum Gasteiger partial charge on any atom is 0.343 e. The molecule has 0 spiro atoms. The average Bonchev–Trinajstić information content (AvgIpc) is 2.77. The first-order chi connectivity index (χ1) is 7.56. The van der Waals surface area contributed by atoms with E-state index < -0.39 is 12.1 Å². The molecule has 0 aromatic heterocycles. The molecule has 1 rings (SSSR count). The van der Waals surface area contributed by atoms with Gasteiger partial charge < -0.3 is 14.4 Å². The molecule has 1 fully saturated rings. The zero-order chi connectivity index (χ0) is 12.1. The van der Waals surface area contributed by atoms with E-state index in [0.717, 1.165) is 6.42 Å². The second-order valence-corrected chi connectivity index (χ2v) is 3.86. The molecule has 0 unspecified atom stereocenters. The molecule has 0 N–H and O–H groups in total. The van der Waals surface area contributed by atoms with Crippen molar-refractivity contribution in [1.82, 2.24) is 4.90 Å². The second-order valence-electron chi connectivity index (χ2n) is 3.86. The largest absolute Gasteiger partial charge is 0.465 e. The fourth-order valence-corrected chi connectivity index (χ4v) is 1.54. The zero-order valence-electron chi connectivity index (χ0n) is 9.86. The van der Waals surface area contributed by atoms with E-state index in [4.69, 9.17) is 4.74 Å². The number of esters is 1. The standard InChI is InChI=1S/C11H17NO4/c1-12(2)7-8(11(14)15-3)10(13)9-5-4-6-16-9/h7,9H,4-6H2,1-3H3/t9-/m0/s1. The number of carbonyl (C=O) groups is 2. The van der Waals surface area contributed by atoms with Crippen LogP contribution in [0.1, 0.15) is 12.8 Å². The molecule has 16 heavy (non-hydrogen) atoms. The molecule has 1 aliphatic rings. The van der Waals surface area contributed by atoms with Crippen LogP contribution in [0.15, 0.2) is 11.8 Å². The summed E-state index contributed by atoms with van der Waals surface area (Å²) >= 11 is 0. The van der Waals surface area contributed by atoms with E-state index in [9.17, 15) is 9.59 Å². The smallest absolute Gasteiger partial charge is 0.343 e. The van der Waals surface area contributed by atoms with E-state index in [2.05, 4.69) is 4.74 Å². The van der Waals surface area contributed by atoms with Crippen molar-refractivity contribution in [3.63, 3.8) is 0 Å². The summed E-state index contributed by atoms with van der Waals surface area (Å²) in [5.41, 5.74) is 0.0411. The number of Topliss-reactive ketones (excluding diaryl/α,β-unsaturated/α-hetero) is 1. The van der Waals surface area contributed by atoms with Gasteiger partial charge in [0.15, 0.2) is 5.78 Å². The molecule has 1 saturated heterocycles.